The Labute approximate surface area is 138 Å². The minimum Gasteiger partial charge on any atom is -0.391 e. The average molecular weight is 319 g/mol. The summed E-state index contributed by atoms with van der Waals surface area (Å²) >= 11 is 0. The molecule has 0 aromatic rings. The first-order chi connectivity index (χ1) is 11.1. The Morgan fingerprint density at radius 1 is 0.957 bits per heavy atom. The van der Waals surface area contributed by atoms with Crippen LogP contribution in [0.4, 0.5) is 0 Å². The Kier molecular flexibility index (Phi) is 4.09. The van der Waals surface area contributed by atoms with Crippen LogP contribution in [0.15, 0.2) is 0 Å². The molecule has 0 bridgehead atoms. The van der Waals surface area contributed by atoms with Crippen molar-refractivity contribution in [2.75, 3.05) is 0 Å². The molecule has 8 unspecified atom stereocenters. The summed E-state index contributed by atoms with van der Waals surface area (Å²) in [6.45, 7) is 2.18. The number of fused-ring (bicyclic) bond motifs is 2. The minimum atomic E-state index is -0.590. The van der Waals surface area contributed by atoms with Crippen molar-refractivity contribution in [3.05, 3.63) is 0 Å². The highest BCUT2D eigenvalue weighted by atomic mass is 16.3. The number of ketones is 2. The number of hydrogen-bond donors (Lipinski definition) is 2. The van der Waals surface area contributed by atoms with Crippen LogP contribution in [0.25, 0.3) is 0 Å². The molecule has 23 heavy (non-hydrogen) atoms. The van der Waals surface area contributed by atoms with Crippen molar-refractivity contribution in [1.82, 2.24) is 5.32 Å². The summed E-state index contributed by atoms with van der Waals surface area (Å²) in [5, 5.41) is 14.2. The molecule has 0 amide bonds. The molecule has 4 heteroatoms. The number of Topliss-reactive ketones (excluding diaryl/α,β-unsaturated/α-hetero) is 2. The normalized spacial score (nSPS) is 50.5. The van der Waals surface area contributed by atoms with E-state index in [0.717, 1.165) is 38.5 Å². The maximum Gasteiger partial charge on any atom is 0.148 e. The van der Waals surface area contributed by atoms with Crippen molar-refractivity contribution in [3.63, 3.8) is 0 Å². The van der Waals surface area contributed by atoms with Gasteiger partial charge in [-0.15, -0.1) is 0 Å². The van der Waals surface area contributed by atoms with Gasteiger partial charge in [0.1, 0.15) is 11.6 Å². The number of carbonyl (C=O) groups excluding carboxylic acids is 2. The van der Waals surface area contributed by atoms with Crippen LogP contribution in [-0.2, 0) is 9.59 Å². The van der Waals surface area contributed by atoms with Gasteiger partial charge in [-0.3, -0.25) is 9.59 Å². The monoisotopic (exact) mass is 319 g/mol. The summed E-state index contributed by atoms with van der Waals surface area (Å²) < 4.78 is 0. The number of hydrogen-bond acceptors (Lipinski definition) is 4. The van der Waals surface area contributed by atoms with Crippen LogP contribution >= 0.6 is 0 Å². The molecule has 1 heterocycles. The predicted octanol–water partition coefficient (Wildman–Crippen LogP) is 2.09. The number of nitrogens with one attached hydrogen (secondary N) is 1. The lowest BCUT2D eigenvalue weighted by atomic mass is 9.73. The summed E-state index contributed by atoms with van der Waals surface area (Å²) in [5.74, 6) is 0.571. The van der Waals surface area contributed by atoms with E-state index in [2.05, 4.69) is 12.2 Å². The summed E-state index contributed by atoms with van der Waals surface area (Å²) in [7, 11) is 0. The van der Waals surface area contributed by atoms with Gasteiger partial charge >= 0.3 is 0 Å². The molecule has 8 atom stereocenters. The molecule has 0 aromatic heterocycles. The number of carbonyl (C=O) groups is 2. The van der Waals surface area contributed by atoms with Crippen LogP contribution in [0, 0.1) is 29.6 Å². The van der Waals surface area contributed by atoms with Crippen molar-refractivity contribution < 1.29 is 14.7 Å². The van der Waals surface area contributed by atoms with Crippen LogP contribution in [0.1, 0.15) is 58.3 Å². The van der Waals surface area contributed by atoms with Gasteiger partial charge < -0.3 is 10.4 Å². The smallest absolute Gasteiger partial charge is 0.148 e. The third kappa shape index (κ3) is 2.58. The van der Waals surface area contributed by atoms with Crippen LogP contribution < -0.4 is 5.32 Å². The number of aliphatic hydroxyl groups is 1. The van der Waals surface area contributed by atoms with Crippen molar-refractivity contribution in [2.24, 2.45) is 29.6 Å². The standard InChI is InChI=1S/C19H29NO3/c1-10-6-7-12-13(8-10)19(23)16(18(12)22)17-15(21)9-11-4-2-3-5-14(11)20-17/h10-17,20-21H,2-9H2,1H3. The van der Waals surface area contributed by atoms with Crippen LogP contribution in [0.3, 0.4) is 0 Å². The number of aliphatic hydroxyl groups excluding tert-OH is 1. The zero-order valence-electron chi connectivity index (χ0n) is 14.0. The van der Waals surface area contributed by atoms with E-state index in [9.17, 15) is 14.7 Å². The zero-order chi connectivity index (χ0) is 16.1. The fourth-order valence-corrected chi connectivity index (χ4v) is 5.83. The fraction of sp³-hybridized carbons (Fsp3) is 0.895. The second kappa shape index (κ2) is 5.96. The molecule has 0 radical (unpaired) electrons. The molecule has 2 N–H and O–H groups in total. The summed E-state index contributed by atoms with van der Waals surface area (Å²) in [5.41, 5.74) is 0. The van der Waals surface area contributed by atoms with Gasteiger partial charge in [0.2, 0.25) is 0 Å². The van der Waals surface area contributed by atoms with Crippen molar-refractivity contribution in [1.29, 1.82) is 0 Å². The third-order valence-corrected chi connectivity index (χ3v) is 7.09. The van der Waals surface area contributed by atoms with E-state index in [0.29, 0.717) is 17.9 Å². The third-order valence-electron chi connectivity index (χ3n) is 7.09. The molecule has 4 fully saturated rings. The van der Waals surface area contributed by atoms with Crippen molar-refractivity contribution >= 4 is 11.6 Å². The molecule has 3 aliphatic carbocycles. The molecular formula is C19H29NO3. The maximum absolute atomic E-state index is 12.9. The van der Waals surface area contributed by atoms with Gasteiger partial charge in [0.25, 0.3) is 0 Å². The van der Waals surface area contributed by atoms with Gasteiger partial charge in [-0.2, -0.15) is 0 Å². The Morgan fingerprint density at radius 2 is 1.70 bits per heavy atom. The highest BCUT2D eigenvalue weighted by molar-refractivity contribution is 6.12. The average Bonchev–Trinajstić information content (AvgIpc) is 2.78. The minimum absolute atomic E-state index is 0.0678. The van der Waals surface area contributed by atoms with Crippen LogP contribution in [-0.4, -0.2) is 34.9 Å². The molecule has 0 spiro atoms. The Bertz CT molecular complexity index is 505. The van der Waals surface area contributed by atoms with Crippen LogP contribution in [0.2, 0.25) is 0 Å². The molecule has 3 saturated carbocycles. The van der Waals surface area contributed by atoms with E-state index in [-0.39, 0.29) is 29.4 Å². The van der Waals surface area contributed by atoms with Gasteiger partial charge in [-0.25, -0.2) is 0 Å². The van der Waals surface area contributed by atoms with E-state index in [1.54, 1.807) is 0 Å². The molecule has 0 aromatic carbocycles. The van der Waals surface area contributed by atoms with E-state index >= 15 is 0 Å². The lowest BCUT2D eigenvalue weighted by Gasteiger charge is -2.44. The van der Waals surface area contributed by atoms with Gasteiger partial charge in [0.15, 0.2) is 0 Å². The van der Waals surface area contributed by atoms with Gasteiger partial charge in [0.05, 0.1) is 12.0 Å². The van der Waals surface area contributed by atoms with Gasteiger partial charge in [-0.05, 0) is 50.4 Å². The first-order valence-corrected chi connectivity index (χ1v) is 9.58. The first-order valence-electron chi connectivity index (χ1n) is 9.58. The maximum atomic E-state index is 12.9. The Balaban J connectivity index is 1.55. The number of piperidine rings is 1. The molecule has 1 aliphatic heterocycles. The van der Waals surface area contributed by atoms with E-state index in [1.807, 2.05) is 0 Å². The quantitative estimate of drug-likeness (QED) is 0.726. The Morgan fingerprint density at radius 3 is 2.52 bits per heavy atom. The topological polar surface area (TPSA) is 66.4 Å². The molecule has 4 rings (SSSR count). The molecule has 128 valence electrons. The van der Waals surface area contributed by atoms with Crippen molar-refractivity contribution in [2.45, 2.75) is 76.5 Å². The van der Waals surface area contributed by atoms with E-state index < -0.39 is 12.0 Å². The summed E-state index contributed by atoms with van der Waals surface area (Å²) in [4.78, 5) is 25.8. The first kappa shape index (κ1) is 15.8. The van der Waals surface area contributed by atoms with E-state index in [4.69, 9.17) is 0 Å². The predicted molar refractivity (Wildman–Crippen MR) is 86.8 cm³/mol. The second-order valence-electron chi connectivity index (χ2n) is 8.56. The fourth-order valence-electron chi connectivity index (χ4n) is 5.83. The lowest BCUT2D eigenvalue weighted by Crippen LogP contribution is -2.60. The largest absolute Gasteiger partial charge is 0.391 e. The molecule has 4 nitrogen and oxygen atoms in total. The SMILES string of the molecule is CC1CCC2C(=O)C(C3NC4CCCCC4CC3O)C(=O)C2C1. The molecule has 1 saturated heterocycles. The van der Waals surface area contributed by atoms with Crippen molar-refractivity contribution in [3.8, 4) is 0 Å². The molecular weight excluding hydrogens is 290 g/mol. The Hall–Kier alpha value is -0.740. The lowest BCUT2D eigenvalue weighted by molar-refractivity contribution is -0.132. The van der Waals surface area contributed by atoms with Crippen LogP contribution in [0.5, 0.6) is 0 Å². The highest BCUT2D eigenvalue weighted by Crippen LogP contribution is 2.45. The van der Waals surface area contributed by atoms with Gasteiger partial charge in [0, 0.05) is 23.9 Å². The second-order valence-corrected chi connectivity index (χ2v) is 8.56. The van der Waals surface area contributed by atoms with Gasteiger partial charge in [-0.1, -0.05) is 19.8 Å². The highest BCUT2D eigenvalue weighted by Gasteiger charge is 2.55. The zero-order valence-corrected chi connectivity index (χ0v) is 14.0. The molecule has 4 aliphatic rings. The summed E-state index contributed by atoms with van der Waals surface area (Å²) in [6, 6.07) is 0.0505. The number of rotatable bonds is 1. The van der Waals surface area contributed by atoms with E-state index in [1.165, 1.54) is 12.8 Å². The summed E-state index contributed by atoms with van der Waals surface area (Å²) in [6.07, 6.45) is 7.72.